The molecule has 1 aromatic heterocycles. The number of benzene rings is 2. The lowest BCUT2D eigenvalue weighted by Gasteiger charge is -2.35. The number of carbonyl (C=O) groups is 1. The van der Waals surface area contributed by atoms with Crippen LogP contribution in [0.2, 0.25) is 0 Å². The molecule has 3 atom stereocenters. The van der Waals surface area contributed by atoms with Gasteiger partial charge in [0.05, 0.1) is 5.01 Å². The first kappa shape index (κ1) is 27.6. The van der Waals surface area contributed by atoms with E-state index < -0.39 is 5.97 Å². The molecule has 0 radical (unpaired) electrons. The summed E-state index contributed by atoms with van der Waals surface area (Å²) in [6.07, 6.45) is 11.1. The molecule has 1 saturated carbocycles. The number of aromatic nitrogens is 1. The van der Waals surface area contributed by atoms with Crippen LogP contribution >= 0.6 is 11.3 Å². The molecule has 3 aromatic rings. The number of thiazole rings is 1. The van der Waals surface area contributed by atoms with Gasteiger partial charge in [-0.2, -0.15) is 0 Å². The lowest BCUT2D eigenvalue weighted by Crippen LogP contribution is -2.46. The molecular weight excluding hydrogens is 514 g/mol. The number of carboxylic acid groups (broad SMARTS) is 1. The summed E-state index contributed by atoms with van der Waals surface area (Å²) >= 11 is 1.89. The Bertz CT molecular complexity index is 1220. The molecule has 5 nitrogen and oxygen atoms in total. The molecule has 1 N–H and O–H groups in total. The Hall–Kier alpha value is -2.54. The van der Waals surface area contributed by atoms with Crippen LogP contribution in [0.5, 0.6) is 0 Å². The highest BCUT2D eigenvalue weighted by Gasteiger charge is 2.43. The van der Waals surface area contributed by atoms with Crippen LogP contribution in [0, 0.1) is 11.8 Å². The van der Waals surface area contributed by atoms with E-state index in [0.717, 1.165) is 52.0 Å². The van der Waals surface area contributed by atoms with E-state index in [2.05, 4.69) is 76.7 Å². The van der Waals surface area contributed by atoms with Gasteiger partial charge < -0.3 is 10.0 Å². The molecule has 3 aliphatic rings. The van der Waals surface area contributed by atoms with E-state index in [1.807, 2.05) is 11.3 Å². The first-order chi connectivity index (χ1) is 19.6. The predicted octanol–water partition coefficient (Wildman–Crippen LogP) is 6.66. The minimum absolute atomic E-state index is 0.295. The van der Waals surface area contributed by atoms with E-state index >= 15 is 0 Å². The molecule has 1 aliphatic carbocycles. The van der Waals surface area contributed by atoms with Crippen molar-refractivity contribution >= 4 is 17.3 Å². The van der Waals surface area contributed by atoms with Crippen LogP contribution in [0.15, 0.2) is 66.9 Å². The smallest absolute Gasteiger partial charge is 0.321 e. The van der Waals surface area contributed by atoms with Crippen LogP contribution in [0.4, 0.5) is 0 Å². The maximum atomic E-state index is 12.5. The quantitative estimate of drug-likeness (QED) is 0.319. The zero-order chi connectivity index (χ0) is 27.3. The van der Waals surface area contributed by atoms with Crippen LogP contribution in [0.3, 0.4) is 0 Å². The third-order valence-electron chi connectivity index (χ3n) is 9.69. The average Bonchev–Trinajstić information content (AvgIpc) is 3.62. The second kappa shape index (κ2) is 13.0. The van der Waals surface area contributed by atoms with E-state index in [0.29, 0.717) is 23.7 Å². The van der Waals surface area contributed by atoms with Gasteiger partial charge in [-0.3, -0.25) is 9.69 Å². The lowest BCUT2D eigenvalue weighted by atomic mass is 9.83. The SMILES string of the molecule is O=C(O)[C@@H](C1CCCCC1)N1C[C@H](CN2CCC(c3cnc(Cc4ccccc4)s3)CC2)[C@@H](c2ccccc2)C1. The fraction of sp³-hybridized carbons (Fsp3) is 0.529. The standard InChI is InChI=1S/C34H43N3O2S/c38-34(39)33(28-14-8-3-9-15-28)37-23-29(30(24-37)26-12-6-2-7-13-26)22-36-18-16-27(17-19-36)31-21-35-32(40-31)20-25-10-4-1-5-11-25/h1-2,4-7,10-13,21,27-30,33H,3,8-9,14-20,22-24H2,(H,38,39)/t29-,30+,33+/m0/s1. The van der Waals surface area contributed by atoms with Crippen molar-refractivity contribution in [3.8, 4) is 0 Å². The Morgan fingerprint density at radius 1 is 0.925 bits per heavy atom. The van der Waals surface area contributed by atoms with E-state index in [1.165, 1.54) is 53.1 Å². The zero-order valence-corrected chi connectivity index (χ0v) is 24.4. The van der Waals surface area contributed by atoms with Gasteiger partial charge in [-0.1, -0.05) is 79.9 Å². The first-order valence-electron chi connectivity index (χ1n) is 15.4. The van der Waals surface area contributed by atoms with Crippen LogP contribution < -0.4 is 0 Å². The normalized spacial score (nSPS) is 24.3. The van der Waals surface area contributed by atoms with Crippen LogP contribution in [-0.4, -0.2) is 64.6 Å². The fourth-order valence-electron chi connectivity index (χ4n) is 7.60. The van der Waals surface area contributed by atoms with Gasteiger partial charge in [-0.25, -0.2) is 4.98 Å². The van der Waals surface area contributed by atoms with Crippen molar-refractivity contribution < 1.29 is 9.90 Å². The number of hydrogen-bond donors (Lipinski definition) is 1. The van der Waals surface area contributed by atoms with Crippen molar-refractivity contribution in [2.75, 3.05) is 32.7 Å². The summed E-state index contributed by atoms with van der Waals surface area (Å²) in [6.45, 7) is 5.04. The molecule has 2 aromatic carbocycles. The summed E-state index contributed by atoms with van der Waals surface area (Å²) in [6, 6.07) is 21.2. The maximum absolute atomic E-state index is 12.5. The molecule has 0 spiro atoms. The van der Waals surface area contributed by atoms with Crippen molar-refractivity contribution in [1.29, 1.82) is 0 Å². The molecule has 6 rings (SSSR count). The lowest BCUT2D eigenvalue weighted by molar-refractivity contribution is -0.145. The summed E-state index contributed by atoms with van der Waals surface area (Å²) in [5.41, 5.74) is 2.69. The van der Waals surface area contributed by atoms with Gasteiger partial charge in [-0.15, -0.1) is 11.3 Å². The molecule has 40 heavy (non-hydrogen) atoms. The Kier molecular flexibility index (Phi) is 8.95. The van der Waals surface area contributed by atoms with E-state index in [4.69, 9.17) is 4.98 Å². The van der Waals surface area contributed by atoms with Gasteiger partial charge in [0.1, 0.15) is 6.04 Å². The van der Waals surface area contributed by atoms with Gasteiger partial charge in [0.15, 0.2) is 0 Å². The highest BCUT2D eigenvalue weighted by Crippen LogP contribution is 2.39. The van der Waals surface area contributed by atoms with E-state index in [-0.39, 0.29) is 6.04 Å². The summed E-state index contributed by atoms with van der Waals surface area (Å²) < 4.78 is 0. The summed E-state index contributed by atoms with van der Waals surface area (Å²) in [7, 11) is 0. The number of nitrogens with zero attached hydrogens (tertiary/aromatic N) is 3. The maximum Gasteiger partial charge on any atom is 0.321 e. The van der Waals surface area contributed by atoms with Crippen LogP contribution in [-0.2, 0) is 11.2 Å². The molecule has 3 fully saturated rings. The van der Waals surface area contributed by atoms with Gasteiger partial charge >= 0.3 is 5.97 Å². The van der Waals surface area contributed by atoms with Crippen LogP contribution in [0.1, 0.15) is 77.8 Å². The van der Waals surface area contributed by atoms with Gasteiger partial charge in [0.25, 0.3) is 0 Å². The molecule has 2 aliphatic heterocycles. The third-order valence-corrected chi connectivity index (χ3v) is 10.9. The predicted molar refractivity (Wildman–Crippen MR) is 162 cm³/mol. The minimum atomic E-state index is -0.614. The number of rotatable bonds is 9. The number of hydrogen-bond acceptors (Lipinski definition) is 5. The van der Waals surface area contributed by atoms with E-state index in [1.54, 1.807) is 0 Å². The molecule has 0 unspecified atom stereocenters. The molecule has 2 saturated heterocycles. The van der Waals surface area contributed by atoms with Gasteiger partial charge in [0.2, 0.25) is 0 Å². The van der Waals surface area contributed by atoms with Crippen molar-refractivity contribution in [2.45, 2.75) is 69.2 Å². The Morgan fingerprint density at radius 3 is 2.33 bits per heavy atom. The number of likely N-dealkylation sites (tertiary alicyclic amines) is 2. The zero-order valence-electron chi connectivity index (χ0n) is 23.5. The summed E-state index contributed by atoms with van der Waals surface area (Å²) in [5.74, 6) is 1.14. The molecular formula is C34H43N3O2S. The molecule has 6 heteroatoms. The summed E-state index contributed by atoms with van der Waals surface area (Å²) in [4.78, 5) is 23.7. The van der Waals surface area contributed by atoms with Gasteiger partial charge in [0, 0.05) is 43.0 Å². The number of piperidine rings is 1. The molecule has 3 heterocycles. The largest absolute Gasteiger partial charge is 0.480 e. The molecule has 212 valence electrons. The highest BCUT2D eigenvalue weighted by molar-refractivity contribution is 7.11. The first-order valence-corrected chi connectivity index (χ1v) is 16.2. The second-order valence-electron chi connectivity index (χ2n) is 12.3. The molecule has 0 bridgehead atoms. The topological polar surface area (TPSA) is 56.7 Å². The minimum Gasteiger partial charge on any atom is -0.480 e. The highest BCUT2D eigenvalue weighted by atomic mass is 32.1. The van der Waals surface area contributed by atoms with Crippen molar-refractivity contribution in [3.63, 3.8) is 0 Å². The van der Waals surface area contributed by atoms with Crippen LogP contribution in [0.25, 0.3) is 0 Å². The molecule has 0 amide bonds. The number of carboxylic acids is 1. The monoisotopic (exact) mass is 557 g/mol. The van der Waals surface area contributed by atoms with E-state index in [9.17, 15) is 9.90 Å². The Balaban J connectivity index is 1.09. The van der Waals surface area contributed by atoms with Crippen molar-refractivity contribution in [1.82, 2.24) is 14.8 Å². The second-order valence-corrected chi connectivity index (χ2v) is 13.5. The third kappa shape index (κ3) is 6.50. The average molecular weight is 558 g/mol. The van der Waals surface area contributed by atoms with Gasteiger partial charge in [-0.05, 0) is 67.7 Å². The fourth-order valence-corrected chi connectivity index (χ4v) is 8.72. The van der Waals surface area contributed by atoms with Crippen molar-refractivity contribution in [2.24, 2.45) is 11.8 Å². The van der Waals surface area contributed by atoms with Crippen molar-refractivity contribution in [3.05, 3.63) is 87.9 Å². The Labute approximate surface area is 243 Å². The number of aliphatic carboxylic acids is 1. The Morgan fingerprint density at radius 2 is 1.62 bits per heavy atom. The summed E-state index contributed by atoms with van der Waals surface area (Å²) in [5, 5.41) is 11.5.